The van der Waals surface area contributed by atoms with Gasteiger partial charge in [0, 0.05) is 32.2 Å². The number of hydrogen-bond donors (Lipinski definition) is 1. The molecule has 0 aromatic heterocycles. The molecule has 2 fully saturated rings. The Balaban J connectivity index is 1.44. The summed E-state index contributed by atoms with van der Waals surface area (Å²) < 4.78 is 39.7. The minimum Gasteiger partial charge on any atom is -0.368 e. The number of rotatable bonds is 6. The van der Waals surface area contributed by atoms with E-state index in [-0.39, 0.29) is 23.9 Å². The van der Waals surface area contributed by atoms with Gasteiger partial charge in [-0.3, -0.25) is 9.69 Å². The number of amides is 1. The van der Waals surface area contributed by atoms with Crippen molar-refractivity contribution in [2.45, 2.75) is 50.7 Å². The SMILES string of the molecule is N#CCC(=O)NC1CCC(CCN2CCN(c3cccc(C(F)(F)F)c3C#N)CC2)CC1. The number of benzene rings is 1. The fourth-order valence-electron chi connectivity index (χ4n) is 4.68. The third kappa shape index (κ3) is 6.14. The van der Waals surface area contributed by atoms with Crippen molar-refractivity contribution in [2.24, 2.45) is 5.92 Å². The van der Waals surface area contributed by atoms with Gasteiger partial charge in [0.1, 0.15) is 12.5 Å². The van der Waals surface area contributed by atoms with Gasteiger partial charge in [0.05, 0.1) is 22.9 Å². The number of nitrogens with one attached hydrogen (secondary N) is 1. The second-order valence-electron chi connectivity index (χ2n) is 8.55. The van der Waals surface area contributed by atoms with Gasteiger partial charge in [0.15, 0.2) is 0 Å². The minimum atomic E-state index is -4.54. The van der Waals surface area contributed by atoms with Crippen molar-refractivity contribution < 1.29 is 18.0 Å². The van der Waals surface area contributed by atoms with Gasteiger partial charge in [-0.25, -0.2) is 0 Å². The molecule has 3 rings (SSSR count). The minimum absolute atomic E-state index is 0.0950. The molecule has 1 heterocycles. The zero-order valence-corrected chi connectivity index (χ0v) is 18.0. The van der Waals surface area contributed by atoms with Crippen molar-refractivity contribution in [3.63, 3.8) is 0 Å². The number of halogens is 3. The van der Waals surface area contributed by atoms with Crippen molar-refractivity contribution >= 4 is 11.6 Å². The van der Waals surface area contributed by atoms with E-state index in [1.54, 1.807) is 12.1 Å². The van der Waals surface area contributed by atoms with Gasteiger partial charge >= 0.3 is 6.18 Å². The Hall–Kier alpha value is -2.78. The van der Waals surface area contributed by atoms with E-state index >= 15 is 0 Å². The van der Waals surface area contributed by atoms with Crippen LogP contribution in [-0.4, -0.2) is 49.6 Å². The molecule has 0 unspecified atom stereocenters. The molecule has 1 aromatic rings. The van der Waals surface area contributed by atoms with Crippen molar-refractivity contribution in [2.75, 3.05) is 37.6 Å². The normalized spacial score (nSPS) is 22.1. The Kier molecular flexibility index (Phi) is 7.98. The highest BCUT2D eigenvalue weighted by atomic mass is 19.4. The molecule has 1 N–H and O–H groups in total. The first-order valence-corrected chi connectivity index (χ1v) is 11.1. The fourth-order valence-corrected chi connectivity index (χ4v) is 4.68. The number of carbonyl (C=O) groups is 1. The zero-order chi connectivity index (χ0) is 23.1. The van der Waals surface area contributed by atoms with Gasteiger partial charge in [-0.2, -0.15) is 23.7 Å². The van der Waals surface area contributed by atoms with Crippen LogP contribution in [0.2, 0.25) is 0 Å². The van der Waals surface area contributed by atoms with Gasteiger partial charge in [-0.1, -0.05) is 6.07 Å². The standard InChI is InChI=1S/C23H28F3N5O/c24-23(25,26)20-2-1-3-21(19(20)16-28)31-14-12-30(13-15-31)11-9-17-4-6-18(7-5-17)29-22(32)8-10-27/h1-3,17-18H,4-9,11-15H2,(H,29,32). The molecule has 6 nitrogen and oxygen atoms in total. The quantitative estimate of drug-likeness (QED) is 0.719. The summed E-state index contributed by atoms with van der Waals surface area (Å²) in [5, 5.41) is 20.8. The summed E-state index contributed by atoms with van der Waals surface area (Å²) in [6.07, 6.45) is 0.388. The van der Waals surface area contributed by atoms with E-state index < -0.39 is 11.7 Å². The molecule has 9 heteroatoms. The summed E-state index contributed by atoms with van der Waals surface area (Å²) in [6.45, 7) is 3.63. The largest absolute Gasteiger partial charge is 0.417 e. The van der Waals surface area contributed by atoms with E-state index in [9.17, 15) is 23.2 Å². The van der Waals surface area contributed by atoms with E-state index in [2.05, 4.69) is 10.2 Å². The number of carbonyl (C=O) groups excluding carboxylic acids is 1. The average molecular weight is 448 g/mol. The summed E-state index contributed by atoms with van der Waals surface area (Å²) >= 11 is 0. The third-order valence-electron chi connectivity index (χ3n) is 6.48. The Morgan fingerprint density at radius 1 is 1.09 bits per heavy atom. The molecule has 0 atom stereocenters. The molecule has 1 aliphatic heterocycles. The van der Waals surface area contributed by atoms with E-state index in [0.717, 1.165) is 57.8 Å². The Morgan fingerprint density at radius 3 is 2.38 bits per heavy atom. The van der Waals surface area contributed by atoms with Crippen LogP contribution in [0.1, 0.15) is 49.7 Å². The molecule has 2 aliphatic rings. The number of hydrogen-bond acceptors (Lipinski definition) is 5. The van der Waals surface area contributed by atoms with Crippen molar-refractivity contribution in [3.8, 4) is 12.1 Å². The smallest absolute Gasteiger partial charge is 0.368 e. The van der Waals surface area contributed by atoms with Crippen LogP contribution in [0.15, 0.2) is 18.2 Å². The lowest BCUT2D eigenvalue weighted by molar-refractivity contribution is -0.137. The van der Waals surface area contributed by atoms with E-state index in [1.165, 1.54) is 6.07 Å². The van der Waals surface area contributed by atoms with Crippen LogP contribution in [0.25, 0.3) is 0 Å². The average Bonchev–Trinajstić information content (AvgIpc) is 2.78. The monoisotopic (exact) mass is 447 g/mol. The van der Waals surface area contributed by atoms with Crippen molar-refractivity contribution in [1.82, 2.24) is 10.2 Å². The van der Waals surface area contributed by atoms with E-state index in [4.69, 9.17) is 5.26 Å². The molecular formula is C23H28F3N5O. The molecule has 32 heavy (non-hydrogen) atoms. The molecule has 172 valence electrons. The maximum atomic E-state index is 13.2. The molecule has 1 saturated heterocycles. The van der Waals surface area contributed by atoms with Crippen LogP contribution in [0.4, 0.5) is 18.9 Å². The second kappa shape index (κ2) is 10.7. The molecule has 0 spiro atoms. The first-order chi connectivity index (χ1) is 15.3. The maximum Gasteiger partial charge on any atom is 0.417 e. The van der Waals surface area contributed by atoms with Crippen LogP contribution in [0.5, 0.6) is 0 Å². The van der Waals surface area contributed by atoms with Gasteiger partial charge in [0.2, 0.25) is 5.91 Å². The predicted octanol–water partition coefficient (Wildman–Crippen LogP) is 3.68. The summed E-state index contributed by atoms with van der Waals surface area (Å²) in [6, 6.07) is 7.70. The molecular weight excluding hydrogens is 419 g/mol. The number of piperazine rings is 1. The van der Waals surface area contributed by atoms with Gasteiger partial charge in [0.25, 0.3) is 0 Å². The van der Waals surface area contributed by atoms with Gasteiger partial charge in [-0.05, 0) is 56.7 Å². The topological polar surface area (TPSA) is 83.2 Å². The molecule has 1 amide bonds. The summed E-state index contributed by atoms with van der Waals surface area (Å²) in [5.74, 6) is 0.403. The van der Waals surface area contributed by atoms with E-state index in [0.29, 0.717) is 24.7 Å². The molecule has 1 saturated carbocycles. The lowest BCUT2D eigenvalue weighted by Gasteiger charge is -2.37. The van der Waals surface area contributed by atoms with Crippen LogP contribution in [0.3, 0.4) is 0 Å². The maximum absolute atomic E-state index is 13.2. The second-order valence-corrected chi connectivity index (χ2v) is 8.55. The predicted molar refractivity (Wildman–Crippen MR) is 114 cm³/mol. The molecule has 0 radical (unpaired) electrons. The number of anilines is 1. The van der Waals surface area contributed by atoms with Crippen LogP contribution < -0.4 is 10.2 Å². The van der Waals surface area contributed by atoms with Gasteiger partial charge < -0.3 is 10.2 Å². The van der Waals surface area contributed by atoms with Gasteiger partial charge in [-0.15, -0.1) is 0 Å². The van der Waals surface area contributed by atoms with Crippen LogP contribution >= 0.6 is 0 Å². The first kappa shape index (κ1) is 23.9. The fraction of sp³-hybridized carbons (Fsp3) is 0.609. The van der Waals surface area contributed by atoms with Crippen LogP contribution in [-0.2, 0) is 11.0 Å². The number of alkyl halides is 3. The lowest BCUT2D eigenvalue weighted by Crippen LogP contribution is -2.47. The first-order valence-electron chi connectivity index (χ1n) is 11.1. The molecule has 1 aliphatic carbocycles. The molecule has 0 bridgehead atoms. The molecule has 1 aromatic carbocycles. The Bertz CT molecular complexity index is 873. The Morgan fingerprint density at radius 2 is 1.78 bits per heavy atom. The van der Waals surface area contributed by atoms with Crippen molar-refractivity contribution in [3.05, 3.63) is 29.3 Å². The number of nitrogens with zero attached hydrogens (tertiary/aromatic N) is 4. The lowest BCUT2D eigenvalue weighted by atomic mass is 9.84. The van der Waals surface area contributed by atoms with Crippen molar-refractivity contribution in [1.29, 1.82) is 10.5 Å². The summed E-state index contributed by atoms with van der Waals surface area (Å²) in [4.78, 5) is 15.7. The third-order valence-corrected chi connectivity index (χ3v) is 6.48. The summed E-state index contributed by atoms with van der Waals surface area (Å²) in [7, 11) is 0. The zero-order valence-electron chi connectivity index (χ0n) is 18.0. The van der Waals surface area contributed by atoms with Crippen LogP contribution in [0, 0.1) is 28.6 Å². The highest BCUT2D eigenvalue weighted by molar-refractivity contribution is 5.78. The highest BCUT2D eigenvalue weighted by Crippen LogP contribution is 2.36. The highest BCUT2D eigenvalue weighted by Gasteiger charge is 2.35. The summed E-state index contributed by atoms with van der Waals surface area (Å²) in [5.41, 5.74) is -0.815. The number of nitriles is 2. The van der Waals surface area contributed by atoms with E-state index in [1.807, 2.05) is 11.0 Å². The Labute approximate surface area is 186 Å².